The number of nitrogens with one attached hydrogen (secondary N) is 1. The number of pyridine rings is 2. The van der Waals surface area contributed by atoms with Crippen molar-refractivity contribution in [3.63, 3.8) is 0 Å². The van der Waals surface area contributed by atoms with Gasteiger partial charge in [0.25, 0.3) is 22.7 Å². The lowest BCUT2D eigenvalue weighted by Crippen LogP contribution is -2.43. The SMILES string of the molecule is CC(C)(C)[Si](C)(C)Oc1ccc(N)nc1.CC(C)(C)[Si](C)(C)Oc1ccc(NS(=O)(=O)N2CCOC2=O)nc1.O=C=NS(=O)(=O)Cl.OCCBr. The van der Waals surface area contributed by atoms with Gasteiger partial charge < -0.3 is 24.4 Å². The molecule has 1 aliphatic rings. The third-order valence-corrected chi connectivity index (χ3v) is 18.3. The van der Waals surface area contributed by atoms with Gasteiger partial charge in [-0.2, -0.15) is 21.1 Å². The highest BCUT2D eigenvalue weighted by atomic mass is 79.9. The number of isocyanates is 1. The number of nitrogens with zero attached hydrogens (tertiary/aromatic N) is 4. The predicted molar refractivity (Wildman–Crippen MR) is 203 cm³/mol. The number of alkyl halides is 1. The number of hydrogen-bond donors (Lipinski definition) is 3. The van der Waals surface area contributed by atoms with E-state index in [9.17, 15) is 21.6 Å². The third kappa shape index (κ3) is 17.4. The van der Waals surface area contributed by atoms with Crippen molar-refractivity contribution < 1.29 is 45.1 Å². The van der Waals surface area contributed by atoms with Crippen molar-refractivity contribution in [2.24, 2.45) is 4.40 Å². The van der Waals surface area contributed by atoms with E-state index in [0.717, 1.165) is 11.8 Å². The Kier molecular flexibility index (Phi) is 18.6. The number of aromatic nitrogens is 2. The molecule has 3 heterocycles. The molecule has 0 spiro atoms. The Labute approximate surface area is 310 Å². The first-order chi connectivity index (χ1) is 22.6. The molecule has 1 fully saturated rings. The van der Waals surface area contributed by atoms with Gasteiger partial charge in [0.1, 0.15) is 29.7 Å². The predicted octanol–water partition coefficient (Wildman–Crippen LogP) is 5.80. The van der Waals surface area contributed by atoms with Crippen molar-refractivity contribution in [1.29, 1.82) is 0 Å². The van der Waals surface area contributed by atoms with Gasteiger partial charge in [-0.3, -0.25) is 0 Å². The second-order valence-electron chi connectivity index (χ2n) is 13.3. The summed E-state index contributed by atoms with van der Waals surface area (Å²) in [6.07, 6.45) is 3.04. The van der Waals surface area contributed by atoms with Crippen LogP contribution in [0.2, 0.25) is 36.3 Å². The molecule has 284 valence electrons. The van der Waals surface area contributed by atoms with Gasteiger partial charge in [-0.25, -0.2) is 24.3 Å². The monoisotopic (exact) mass is 862 g/mol. The third-order valence-electron chi connectivity index (χ3n) is 7.33. The van der Waals surface area contributed by atoms with Crippen LogP contribution in [-0.4, -0.2) is 90.1 Å². The lowest BCUT2D eigenvalue weighted by molar-refractivity contribution is 0.170. The molecular weight excluding hydrogens is 816 g/mol. The van der Waals surface area contributed by atoms with Crippen LogP contribution in [0.4, 0.5) is 16.4 Å². The molecule has 1 saturated heterocycles. The molecule has 50 heavy (non-hydrogen) atoms. The summed E-state index contributed by atoms with van der Waals surface area (Å²) in [6.45, 7) is 21.9. The van der Waals surface area contributed by atoms with Gasteiger partial charge in [-0.05, 0) is 60.5 Å². The number of carbonyl (C=O) groups excluding carboxylic acids is 2. The number of nitrogens with two attached hydrogens (primary N) is 1. The zero-order valence-corrected chi connectivity index (χ0v) is 35.8. The number of aliphatic hydroxyl groups is 1. The second-order valence-corrected chi connectivity index (χ2v) is 27.3. The van der Waals surface area contributed by atoms with E-state index in [1.54, 1.807) is 18.3 Å². The quantitative estimate of drug-likeness (QED) is 0.0891. The van der Waals surface area contributed by atoms with E-state index < -0.39 is 42.2 Å². The molecule has 1 amide bonds. The zero-order chi connectivity index (χ0) is 39.2. The molecule has 1 aliphatic heterocycles. The van der Waals surface area contributed by atoms with E-state index in [0.29, 0.717) is 21.2 Å². The smallest absolute Gasteiger partial charge is 0.425 e. The first-order valence-corrected chi connectivity index (χ1v) is 25.5. The van der Waals surface area contributed by atoms with Crippen LogP contribution < -0.4 is 19.3 Å². The van der Waals surface area contributed by atoms with Crippen molar-refractivity contribution in [3.05, 3.63) is 36.7 Å². The Hall–Kier alpha value is -2.79. The fourth-order valence-corrected chi connectivity index (χ4v) is 5.94. The lowest BCUT2D eigenvalue weighted by Gasteiger charge is -2.36. The lowest BCUT2D eigenvalue weighted by atomic mass is 10.2. The molecule has 0 aromatic carbocycles. The van der Waals surface area contributed by atoms with Crippen LogP contribution in [0, 0.1) is 0 Å². The van der Waals surface area contributed by atoms with E-state index >= 15 is 0 Å². The topological polar surface area (TPSA) is 230 Å². The Morgan fingerprint density at radius 3 is 1.74 bits per heavy atom. The van der Waals surface area contributed by atoms with Crippen molar-refractivity contribution >= 4 is 86.5 Å². The van der Waals surface area contributed by atoms with Crippen LogP contribution in [0.25, 0.3) is 0 Å². The Balaban J connectivity index is 0.000000781. The minimum absolute atomic E-state index is 0.0132. The summed E-state index contributed by atoms with van der Waals surface area (Å²) in [6, 6.07) is 6.81. The molecule has 2 aromatic heterocycles. The Morgan fingerprint density at radius 1 is 1.00 bits per heavy atom. The first kappa shape index (κ1) is 47.2. The maximum absolute atomic E-state index is 12.1. The van der Waals surface area contributed by atoms with E-state index in [2.05, 4.69) is 118 Å². The fourth-order valence-electron chi connectivity index (χ4n) is 2.68. The van der Waals surface area contributed by atoms with Gasteiger partial charge in [-0.15, -0.1) is 0 Å². The molecule has 0 atom stereocenters. The highest BCUT2D eigenvalue weighted by Gasteiger charge is 2.40. The van der Waals surface area contributed by atoms with Crippen LogP contribution in [0.15, 0.2) is 41.1 Å². The molecule has 16 nitrogen and oxygen atoms in total. The number of carbonyl (C=O) groups is 1. The van der Waals surface area contributed by atoms with Crippen LogP contribution in [0.3, 0.4) is 0 Å². The van der Waals surface area contributed by atoms with Gasteiger partial charge in [0.05, 0.1) is 25.5 Å². The number of cyclic esters (lactones) is 1. The maximum Gasteiger partial charge on any atom is 0.425 e. The highest BCUT2D eigenvalue weighted by Crippen LogP contribution is 2.38. The number of amides is 1. The standard InChI is InChI=1S/C14H23N3O5SSi.C11H20N2OSi.C2H5BrO.CClNO3S/c1-14(2,3)24(4,5)22-11-6-7-12(15-10-11)16-23(19,20)17-8-9-21-13(17)18;1-11(2,3)15(4,5)14-9-6-7-10(12)13-8-9;3-1-2-4;2-7(5,6)3-1-4/h6-7,10H,8-9H2,1-5H3,(H,15,16);6-8H,1-5H3,(H2,12,13);4H,1-2H2;. The van der Waals surface area contributed by atoms with Gasteiger partial charge in [0, 0.05) is 16.0 Å². The number of nitrogen functional groups attached to an aromatic ring is 1. The molecule has 22 heteroatoms. The minimum Gasteiger partial charge on any atom is -0.542 e. The van der Waals surface area contributed by atoms with Crippen LogP contribution in [0.1, 0.15) is 41.5 Å². The van der Waals surface area contributed by atoms with Crippen molar-refractivity contribution in [2.45, 2.75) is 77.8 Å². The summed E-state index contributed by atoms with van der Waals surface area (Å²) in [7, 11) is -7.38. The van der Waals surface area contributed by atoms with E-state index in [-0.39, 0.29) is 35.7 Å². The molecule has 4 N–H and O–H groups in total. The van der Waals surface area contributed by atoms with Crippen LogP contribution in [0.5, 0.6) is 11.5 Å². The maximum atomic E-state index is 12.1. The van der Waals surface area contributed by atoms with Gasteiger partial charge in [-0.1, -0.05) is 61.9 Å². The summed E-state index contributed by atoms with van der Waals surface area (Å²) in [4.78, 5) is 28.5. The van der Waals surface area contributed by atoms with Crippen LogP contribution >= 0.6 is 26.6 Å². The zero-order valence-electron chi connectivity index (χ0n) is 29.9. The summed E-state index contributed by atoms with van der Waals surface area (Å²) in [5.41, 5.74) is 5.52. The van der Waals surface area contributed by atoms with E-state index in [1.807, 2.05) is 6.07 Å². The van der Waals surface area contributed by atoms with Crippen molar-refractivity contribution in [2.75, 3.05) is 35.5 Å². The van der Waals surface area contributed by atoms with Crippen LogP contribution in [-0.2, 0) is 29.0 Å². The highest BCUT2D eigenvalue weighted by molar-refractivity contribution is 9.09. The number of aliphatic hydroxyl groups excluding tert-OH is 1. The number of rotatable bonds is 9. The molecule has 0 radical (unpaired) electrons. The number of anilines is 2. The molecule has 0 unspecified atom stereocenters. The molecule has 0 saturated carbocycles. The van der Waals surface area contributed by atoms with Gasteiger partial charge >= 0.3 is 25.5 Å². The minimum atomic E-state index is -4.02. The Bertz CT molecular complexity index is 1630. The molecule has 3 rings (SSSR count). The van der Waals surface area contributed by atoms with Gasteiger partial charge in [0.2, 0.25) is 0 Å². The number of hydrogen-bond acceptors (Lipinski definition) is 13. The molecule has 0 bridgehead atoms. The first-order valence-electron chi connectivity index (χ1n) is 14.9. The second kappa shape index (κ2) is 19.7. The number of halogens is 2. The molecule has 2 aromatic rings. The Morgan fingerprint density at radius 2 is 1.46 bits per heavy atom. The van der Waals surface area contributed by atoms with Crippen molar-refractivity contribution in [1.82, 2.24) is 14.3 Å². The normalized spacial score (nSPS) is 13.5. The summed E-state index contributed by atoms with van der Waals surface area (Å²) < 4.78 is 65.2. The average Bonchev–Trinajstić information content (AvgIpc) is 3.41. The fraction of sp³-hybridized carbons (Fsp3) is 0.571. The van der Waals surface area contributed by atoms with E-state index in [1.165, 1.54) is 12.3 Å². The average molecular weight is 864 g/mol. The van der Waals surface area contributed by atoms with E-state index in [4.69, 9.17) is 24.5 Å². The van der Waals surface area contributed by atoms with Gasteiger partial charge in [0.15, 0.2) is 0 Å². The molecule has 0 aliphatic carbocycles. The number of ether oxygens (including phenoxy) is 1. The summed E-state index contributed by atoms with van der Waals surface area (Å²) >= 11 is 3.00. The summed E-state index contributed by atoms with van der Waals surface area (Å²) in [5.74, 6) is 2.04. The molecular formula is C28H48BrClN6O10S2Si2. The summed E-state index contributed by atoms with van der Waals surface area (Å²) in [5, 5.41) is 8.76. The largest absolute Gasteiger partial charge is 0.542 e. The van der Waals surface area contributed by atoms with Crippen molar-refractivity contribution in [3.8, 4) is 11.5 Å².